The number of hydrogen-bond donors (Lipinski definition) is 0. The first-order valence-corrected chi connectivity index (χ1v) is 8.90. The first-order valence-electron chi connectivity index (χ1n) is 8.90. The number of carbonyl (C=O) groups is 1. The maximum Gasteiger partial charge on any atom is 0.222 e. The molecule has 0 atom stereocenters. The average Bonchev–Trinajstić information content (AvgIpc) is 2.36. The first kappa shape index (κ1) is 16.8. The molecule has 0 aliphatic carbocycles. The SMILES string of the molecule is CC(C)CCCC(=O)N1CC2(CCN(CC(C)C)CC2)C1. The van der Waals surface area contributed by atoms with E-state index in [1.54, 1.807) is 0 Å². The van der Waals surface area contributed by atoms with E-state index < -0.39 is 0 Å². The summed E-state index contributed by atoms with van der Waals surface area (Å²) < 4.78 is 0. The van der Waals surface area contributed by atoms with E-state index in [4.69, 9.17) is 0 Å². The quantitative estimate of drug-likeness (QED) is 0.749. The standard InChI is InChI=1S/C18H34N2O/c1-15(2)6-5-7-17(21)20-13-18(14-20)8-10-19(11-9-18)12-16(3)4/h15-16H,5-14H2,1-4H3. The Bertz CT molecular complexity index is 335. The highest BCUT2D eigenvalue weighted by Crippen LogP contribution is 2.40. The molecule has 122 valence electrons. The molecule has 0 radical (unpaired) electrons. The van der Waals surface area contributed by atoms with Gasteiger partial charge in [-0.3, -0.25) is 4.79 Å². The smallest absolute Gasteiger partial charge is 0.222 e. The van der Waals surface area contributed by atoms with Crippen molar-refractivity contribution in [2.75, 3.05) is 32.7 Å². The van der Waals surface area contributed by atoms with E-state index in [1.165, 1.54) is 38.9 Å². The van der Waals surface area contributed by atoms with Crippen LogP contribution in [0.2, 0.25) is 0 Å². The van der Waals surface area contributed by atoms with Gasteiger partial charge in [-0.05, 0) is 44.2 Å². The van der Waals surface area contributed by atoms with Crippen molar-refractivity contribution >= 4 is 5.91 Å². The molecule has 2 rings (SSSR count). The van der Waals surface area contributed by atoms with Gasteiger partial charge in [-0.15, -0.1) is 0 Å². The van der Waals surface area contributed by atoms with Crippen LogP contribution in [0.5, 0.6) is 0 Å². The minimum atomic E-state index is 0.394. The van der Waals surface area contributed by atoms with Gasteiger partial charge in [-0.25, -0.2) is 0 Å². The van der Waals surface area contributed by atoms with Crippen LogP contribution in [0, 0.1) is 17.3 Å². The van der Waals surface area contributed by atoms with E-state index in [0.29, 0.717) is 17.2 Å². The lowest BCUT2D eigenvalue weighted by Gasteiger charge is -2.54. The van der Waals surface area contributed by atoms with Crippen molar-refractivity contribution in [3.8, 4) is 0 Å². The number of hydrogen-bond acceptors (Lipinski definition) is 2. The molecule has 1 amide bonds. The summed E-state index contributed by atoms with van der Waals surface area (Å²) in [7, 11) is 0. The predicted octanol–water partition coefficient (Wildman–Crippen LogP) is 3.39. The molecule has 2 saturated heterocycles. The number of piperidine rings is 1. The molecule has 21 heavy (non-hydrogen) atoms. The summed E-state index contributed by atoms with van der Waals surface area (Å²) in [6.07, 6.45) is 5.57. The zero-order valence-electron chi connectivity index (χ0n) is 14.5. The number of rotatable bonds is 6. The molecule has 0 bridgehead atoms. The summed E-state index contributed by atoms with van der Waals surface area (Å²) in [6.45, 7) is 14.8. The van der Waals surface area contributed by atoms with Crippen molar-refractivity contribution in [2.24, 2.45) is 17.3 Å². The Morgan fingerprint density at radius 3 is 2.19 bits per heavy atom. The minimum absolute atomic E-state index is 0.394. The third-order valence-corrected chi connectivity index (χ3v) is 5.12. The third-order valence-electron chi connectivity index (χ3n) is 5.12. The summed E-state index contributed by atoms with van der Waals surface area (Å²) in [4.78, 5) is 16.9. The van der Waals surface area contributed by atoms with Crippen LogP contribution in [-0.4, -0.2) is 48.4 Å². The summed E-state index contributed by atoms with van der Waals surface area (Å²) in [6, 6.07) is 0. The van der Waals surface area contributed by atoms with E-state index in [9.17, 15) is 4.79 Å². The van der Waals surface area contributed by atoms with E-state index in [-0.39, 0.29) is 0 Å². The van der Waals surface area contributed by atoms with Gasteiger partial charge in [0.05, 0.1) is 0 Å². The number of carbonyl (C=O) groups excluding carboxylic acids is 1. The highest BCUT2D eigenvalue weighted by Gasteiger charge is 2.46. The van der Waals surface area contributed by atoms with Crippen LogP contribution in [-0.2, 0) is 4.79 Å². The summed E-state index contributed by atoms with van der Waals surface area (Å²) >= 11 is 0. The Morgan fingerprint density at radius 1 is 1.05 bits per heavy atom. The number of likely N-dealkylation sites (tertiary alicyclic amines) is 2. The molecule has 0 saturated carbocycles. The van der Waals surface area contributed by atoms with Crippen LogP contribution in [0.4, 0.5) is 0 Å². The zero-order chi connectivity index (χ0) is 15.5. The minimum Gasteiger partial charge on any atom is -0.341 e. The van der Waals surface area contributed by atoms with Crippen molar-refractivity contribution < 1.29 is 4.79 Å². The Kier molecular flexibility index (Phi) is 5.70. The maximum absolute atomic E-state index is 12.2. The molecular weight excluding hydrogens is 260 g/mol. The molecular formula is C18H34N2O. The van der Waals surface area contributed by atoms with Crippen molar-refractivity contribution in [1.82, 2.24) is 9.80 Å². The highest BCUT2D eigenvalue weighted by atomic mass is 16.2. The monoisotopic (exact) mass is 294 g/mol. The second kappa shape index (κ2) is 7.13. The fraction of sp³-hybridized carbons (Fsp3) is 0.944. The van der Waals surface area contributed by atoms with Crippen molar-refractivity contribution in [2.45, 2.75) is 59.8 Å². The highest BCUT2D eigenvalue weighted by molar-refractivity contribution is 5.77. The van der Waals surface area contributed by atoms with E-state index >= 15 is 0 Å². The Balaban J connectivity index is 1.66. The average molecular weight is 294 g/mol. The normalized spacial score (nSPS) is 22.1. The van der Waals surface area contributed by atoms with Crippen LogP contribution in [0.25, 0.3) is 0 Å². The Labute approximate surface area is 131 Å². The first-order chi connectivity index (χ1) is 9.90. The second-order valence-electron chi connectivity index (χ2n) is 8.23. The molecule has 3 nitrogen and oxygen atoms in total. The zero-order valence-corrected chi connectivity index (χ0v) is 14.5. The second-order valence-corrected chi connectivity index (χ2v) is 8.23. The summed E-state index contributed by atoms with van der Waals surface area (Å²) in [5.74, 6) is 1.87. The van der Waals surface area contributed by atoms with Crippen LogP contribution in [0.3, 0.4) is 0 Å². The lowest BCUT2D eigenvalue weighted by molar-refractivity contribution is -0.147. The van der Waals surface area contributed by atoms with Gasteiger partial charge in [0, 0.05) is 31.5 Å². The van der Waals surface area contributed by atoms with Crippen LogP contribution in [0.15, 0.2) is 0 Å². The lowest BCUT2D eigenvalue weighted by atomic mass is 9.71. The number of amides is 1. The third kappa shape index (κ3) is 4.70. The fourth-order valence-electron chi connectivity index (χ4n) is 3.80. The Morgan fingerprint density at radius 2 is 1.67 bits per heavy atom. The van der Waals surface area contributed by atoms with E-state index in [0.717, 1.165) is 31.8 Å². The van der Waals surface area contributed by atoms with E-state index in [1.807, 2.05) is 0 Å². The van der Waals surface area contributed by atoms with Crippen LogP contribution in [0.1, 0.15) is 59.8 Å². The predicted molar refractivity (Wildman–Crippen MR) is 88.2 cm³/mol. The molecule has 3 heteroatoms. The topological polar surface area (TPSA) is 23.6 Å². The van der Waals surface area contributed by atoms with Gasteiger partial charge in [0.2, 0.25) is 5.91 Å². The van der Waals surface area contributed by atoms with Crippen molar-refractivity contribution in [1.29, 1.82) is 0 Å². The van der Waals surface area contributed by atoms with Gasteiger partial charge in [-0.1, -0.05) is 34.1 Å². The summed E-state index contributed by atoms with van der Waals surface area (Å²) in [5.41, 5.74) is 0.473. The van der Waals surface area contributed by atoms with Gasteiger partial charge < -0.3 is 9.80 Å². The van der Waals surface area contributed by atoms with Gasteiger partial charge in [0.1, 0.15) is 0 Å². The molecule has 1 spiro atoms. The molecule has 2 aliphatic rings. The van der Waals surface area contributed by atoms with Gasteiger partial charge in [0.25, 0.3) is 0 Å². The molecule has 2 aliphatic heterocycles. The molecule has 0 unspecified atom stereocenters. The molecule has 2 heterocycles. The van der Waals surface area contributed by atoms with Crippen molar-refractivity contribution in [3.05, 3.63) is 0 Å². The van der Waals surface area contributed by atoms with Gasteiger partial charge >= 0.3 is 0 Å². The molecule has 0 N–H and O–H groups in total. The molecule has 0 aromatic rings. The van der Waals surface area contributed by atoms with E-state index in [2.05, 4.69) is 37.5 Å². The molecule has 0 aromatic heterocycles. The summed E-state index contributed by atoms with van der Waals surface area (Å²) in [5, 5.41) is 0. The lowest BCUT2D eigenvalue weighted by Crippen LogP contribution is -2.62. The maximum atomic E-state index is 12.2. The van der Waals surface area contributed by atoms with Crippen molar-refractivity contribution in [3.63, 3.8) is 0 Å². The molecule has 2 fully saturated rings. The van der Waals surface area contributed by atoms with Gasteiger partial charge in [-0.2, -0.15) is 0 Å². The largest absolute Gasteiger partial charge is 0.341 e. The van der Waals surface area contributed by atoms with Crippen LogP contribution >= 0.6 is 0 Å². The molecule has 0 aromatic carbocycles. The number of nitrogens with zero attached hydrogens (tertiary/aromatic N) is 2. The Hall–Kier alpha value is -0.570. The fourth-order valence-corrected chi connectivity index (χ4v) is 3.80. The van der Waals surface area contributed by atoms with Crippen LogP contribution < -0.4 is 0 Å². The van der Waals surface area contributed by atoms with Gasteiger partial charge in [0.15, 0.2) is 0 Å².